The number of hydrogen-bond donors (Lipinski definition) is 0. The molecule has 0 fully saturated rings. The molecule has 0 aromatic heterocycles. The van der Waals surface area contributed by atoms with E-state index in [0.717, 1.165) is 0 Å². The Hall–Kier alpha value is -2.90. The molecule has 140 valence electrons. The number of halogens is 3. The number of amides is 1. The number of hydrogen-bond acceptors (Lipinski definition) is 4. The molecule has 5 nitrogen and oxygen atoms in total. The average molecular weight is 369 g/mol. The molecular formula is C18H18F3NO4. The van der Waals surface area contributed by atoms with Gasteiger partial charge in [-0.05, 0) is 29.8 Å². The Bertz CT molecular complexity index is 732. The highest BCUT2D eigenvalue weighted by Gasteiger charge is 2.30. The number of rotatable bonds is 7. The van der Waals surface area contributed by atoms with Crippen LogP contribution in [0.5, 0.6) is 17.2 Å². The van der Waals surface area contributed by atoms with Crippen LogP contribution < -0.4 is 14.2 Å². The summed E-state index contributed by atoms with van der Waals surface area (Å²) in [5.74, 6) is 0.370. The molecule has 0 N–H and O–H groups in total. The minimum Gasteiger partial charge on any atom is -0.493 e. The molecule has 0 atom stereocenters. The van der Waals surface area contributed by atoms with Crippen LogP contribution >= 0.6 is 0 Å². The molecule has 0 aliphatic heterocycles. The number of nitrogens with zero attached hydrogens (tertiary/aromatic N) is 1. The van der Waals surface area contributed by atoms with E-state index in [4.69, 9.17) is 9.47 Å². The predicted octanol–water partition coefficient (Wildman–Crippen LogP) is 3.63. The fourth-order valence-electron chi connectivity index (χ4n) is 2.15. The Labute approximate surface area is 148 Å². The summed E-state index contributed by atoms with van der Waals surface area (Å²) in [4.78, 5) is 13.6. The first-order chi connectivity index (χ1) is 12.3. The van der Waals surface area contributed by atoms with Gasteiger partial charge in [0.25, 0.3) is 5.91 Å². The predicted molar refractivity (Wildman–Crippen MR) is 88.1 cm³/mol. The van der Waals surface area contributed by atoms with Crippen LogP contribution in [0, 0.1) is 0 Å². The van der Waals surface area contributed by atoms with E-state index < -0.39 is 6.36 Å². The van der Waals surface area contributed by atoms with Gasteiger partial charge in [0.1, 0.15) is 5.75 Å². The zero-order valence-electron chi connectivity index (χ0n) is 14.2. The Kier molecular flexibility index (Phi) is 6.32. The lowest BCUT2D eigenvalue weighted by atomic mass is 10.2. The number of carbonyl (C=O) groups excluding carboxylic acids is 1. The topological polar surface area (TPSA) is 48.0 Å². The van der Waals surface area contributed by atoms with Crippen LogP contribution in [0.4, 0.5) is 13.2 Å². The summed E-state index contributed by atoms with van der Waals surface area (Å²) in [5.41, 5.74) is 0.660. The number of carbonyl (C=O) groups is 1. The van der Waals surface area contributed by atoms with Gasteiger partial charge in [0.05, 0.1) is 7.11 Å². The van der Waals surface area contributed by atoms with Crippen molar-refractivity contribution in [3.8, 4) is 17.2 Å². The van der Waals surface area contributed by atoms with Gasteiger partial charge >= 0.3 is 6.36 Å². The smallest absolute Gasteiger partial charge is 0.493 e. The fraction of sp³-hybridized carbons (Fsp3) is 0.278. The van der Waals surface area contributed by atoms with Gasteiger partial charge in [0, 0.05) is 13.6 Å². The number of likely N-dealkylation sites (N-methyl/N-ethyl adjacent to an activating group) is 1. The van der Waals surface area contributed by atoms with Crippen molar-refractivity contribution in [2.24, 2.45) is 0 Å². The van der Waals surface area contributed by atoms with Crippen LogP contribution in [0.25, 0.3) is 0 Å². The maximum absolute atomic E-state index is 12.2. The van der Waals surface area contributed by atoms with Gasteiger partial charge in [0.15, 0.2) is 18.1 Å². The van der Waals surface area contributed by atoms with Crippen LogP contribution in [0.1, 0.15) is 5.56 Å². The Morgan fingerprint density at radius 3 is 2.23 bits per heavy atom. The van der Waals surface area contributed by atoms with Gasteiger partial charge in [-0.25, -0.2) is 0 Å². The summed E-state index contributed by atoms with van der Waals surface area (Å²) < 4.78 is 50.8. The molecule has 2 aromatic rings. The maximum Gasteiger partial charge on any atom is 0.573 e. The Morgan fingerprint density at radius 2 is 1.65 bits per heavy atom. The second kappa shape index (κ2) is 8.46. The van der Waals surface area contributed by atoms with Gasteiger partial charge in [-0.3, -0.25) is 4.79 Å². The molecule has 2 aromatic carbocycles. The van der Waals surface area contributed by atoms with Gasteiger partial charge < -0.3 is 19.1 Å². The minimum absolute atomic E-state index is 0.188. The van der Waals surface area contributed by atoms with Crippen molar-refractivity contribution in [2.75, 3.05) is 20.8 Å². The van der Waals surface area contributed by atoms with Crippen LogP contribution in [0.3, 0.4) is 0 Å². The summed E-state index contributed by atoms with van der Waals surface area (Å²) in [5, 5.41) is 0. The van der Waals surface area contributed by atoms with E-state index in [1.165, 1.54) is 36.3 Å². The molecule has 0 bridgehead atoms. The van der Waals surface area contributed by atoms with E-state index in [-0.39, 0.29) is 24.8 Å². The van der Waals surface area contributed by atoms with Crippen molar-refractivity contribution < 1.29 is 32.2 Å². The van der Waals surface area contributed by atoms with E-state index in [1.807, 2.05) is 0 Å². The molecule has 0 radical (unpaired) electrons. The third-order valence-electron chi connectivity index (χ3n) is 3.42. The number of para-hydroxylation sites is 2. The Balaban J connectivity index is 1.88. The van der Waals surface area contributed by atoms with Crippen LogP contribution in [0.2, 0.25) is 0 Å². The SMILES string of the molecule is COc1ccccc1OCC(=O)N(C)Cc1ccc(OC(F)(F)F)cc1. The van der Waals surface area contributed by atoms with Crippen LogP contribution in [-0.2, 0) is 11.3 Å². The molecule has 0 saturated carbocycles. The normalized spacial score (nSPS) is 11.0. The van der Waals surface area contributed by atoms with E-state index in [1.54, 1.807) is 31.3 Å². The summed E-state index contributed by atoms with van der Waals surface area (Å²) in [6.45, 7) is 0.0343. The summed E-state index contributed by atoms with van der Waals surface area (Å²) >= 11 is 0. The molecule has 0 aliphatic carbocycles. The van der Waals surface area contributed by atoms with E-state index >= 15 is 0 Å². The minimum atomic E-state index is -4.73. The van der Waals surface area contributed by atoms with E-state index in [0.29, 0.717) is 17.1 Å². The summed E-state index contributed by atoms with van der Waals surface area (Å²) in [7, 11) is 3.08. The highest BCUT2D eigenvalue weighted by molar-refractivity contribution is 5.77. The zero-order valence-corrected chi connectivity index (χ0v) is 14.2. The standard InChI is InChI=1S/C18H18F3NO4/c1-22(11-13-7-9-14(10-8-13)26-18(19,20)21)17(23)12-25-16-6-4-3-5-15(16)24-2/h3-10H,11-12H2,1-2H3. The third-order valence-corrected chi connectivity index (χ3v) is 3.42. The fourth-order valence-corrected chi connectivity index (χ4v) is 2.15. The van der Waals surface area contributed by atoms with Gasteiger partial charge in [-0.2, -0.15) is 0 Å². The van der Waals surface area contributed by atoms with Crippen LogP contribution in [-0.4, -0.2) is 37.9 Å². The van der Waals surface area contributed by atoms with Crippen molar-refractivity contribution in [1.29, 1.82) is 0 Å². The highest BCUT2D eigenvalue weighted by atomic mass is 19.4. The van der Waals surface area contributed by atoms with Gasteiger partial charge in [0.2, 0.25) is 0 Å². The van der Waals surface area contributed by atoms with Crippen molar-refractivity contribution in [3.05, 3.63) is 54.1 Å². The first-order valence-electron chi connectivity index (χ1n) is 7.63. The van der Waals surface area contributed by atoms with Gasteiger partial charge in [-0.1, -0.05) is 24.3 Å². The van der Waals surface area contributed by atoms with E-state index in [9.17, 15) is 18.0 Å². The monoisotopic (exact) mass is 369 g/mol. The lowest BCUT2D eigenvalue weighted by Crippen LogP contribution is -2.31. The van der Waals surface area contributed by atoms with E-state index in [2.05, 4.69) is 4.74 Å². The molecule has 0 saturated heterocycles. The molecule has 2 rings (SSSR count). The highest BCUT2D eigenvalue weighted by Crippen LogP contribution is 2.26. The number of ether oxygens (including phenoxy) is 3. The largest absolute Gasteiger partial charge is 0.573 e. The molecule has 0 aliphatic rings. The molecule has 0 unspecified atom stereocenters. The third kappa shape index (κ3) is 5.87. The molecule has 1 amide bonds. The second-order valence-electron chi connectivity index (χ2n) is 5.38. The molecule has 0 spiro atoms. The lowest BCUT2D eigenvalue weighted by molar-refractivity contribution is -0.274. The van der Waals surface area contributed by atoms with Crippen molar-refractivity contribution in [2.45, 2.75) is 12.9 Å². The summed E-state index contributed by atoms with van der Waals surface area (Å²) in [6.07, 6.45) is -4.73. The molecular weight excluding hydrogens is 351 g/mol. The maximum atomic E-state index is 12.2. The Morgan fingerprint density at radius 1 is 1.04 bits per heavy atom. The molecule has 26 heavy (non-hydrogen) atoms. The summed E-state index contributed by atoms with van der Waals surface area (Å²) in [6, 6.07) is 12.3. The number of methoxy groups -OCH3 is 1. The number of alkyl halides is 3. The molecule has 8 heteroatoms. The quantitative estimate of drug-likeness (QED) is 0.748. The van der Waals surface area contributed by atoms with Crippen LogP contribution in [0.15, 0.2) is 48.5 Å². The first-order valence-corrected chi connectivity index (χ1v) is 7.63. The van der Waals surface area contributed by atoms with Crippen molar-refractivity contribution in [1.82, 2.24) is 4.90 Å². The first kappa shape index (κ1) is 19.4. The second-order valence-corrected chi connectivity index (χ2v) is 5.38. The van der Waals surface area contributed by atoms with Gasteiger partial charge in [-0.15, -0.1) is 13.2 Å². The number of benzene rings is 2. The lowest BCUT2D eigenvalue weighted by Gasteiger charge is -2.18. The van der Waals surface area contributed by atoms with Crippen molar-refractivity contribution in [3.63, 3.8) is 0 Å². The van der Waals surface area contributed by atoms with Crippen molar-refractivity contribution >= 4 is 5.91 Å². The average Bonchev–Trinajstić information content (AvgIpc) is 2.60. The zero-order chi connectivity index (χ0) is 19.2. The molecule has 0 heterocycles.